The topological polar surface area (TPSA) is 66.4 Å². The molecule has 2 N–H and O–H groups in total. The van der Waals surface area contributed by atoms with Gasteiger partial charge in [0.2, 0.25) is 0 Å². The summed E-state index contributed by atoms with van der Waals surface area (Å²) in [6.45, 7) is 4.18. The van der Waals surface area contributed by atoms with Crippen molar-refractivity contribution in [2.75, 3.05) is 11.1 Å². The molecule has 5 nitrogen and oxygen atoms in total. The number of benzene rings is 1. The van der Waals surface area contributed by atoms with E-state index in [2.05, 4.69) is 40.5 Å². The number of hydrogen-bond acceptors (Lipinski definition) is 5. The van der Waals surface area contributed by atoms with E-state index in [1.807, 2.05) is 54.4 Å². The standard InChI is InChI=1S/C24H26N4OS/c1-16-12-22(15-30-16)26-11-10-25-17(2)19-4-3-5-21(13-19)28-24(29)20-8-9-23(27-14-20)18-6-7-18/h3-5,8-14,17-18,25H,6-7,15H2,1-2H3,(H,28,29). The smallest absolute Gasteiger partial charge is 0.257 e. The Hall–Kier alpha value is -2.86. The number of nitrogens with zero attached hydrogens (tertiary/aromatic N) is 2. The van der Waals surface area contributed by atoms with Crippen LogP contribution < -0.4 is 10.6 Å². The van der Waals surface area contributed by atoms with Crippen LogP contribution in [0.2, 0.25) is 0 Å². The van der Waals surface area contributed by atoms with Crippen LogP contribution >= 0.6 is 11.8 Å². The summed E-state index contributed by atoms with van der Waals surface area (Å²) in [5.74, 6) is 1.38. The van der Waals surface area contributed by atoms with E-state index in [1.54, 1.807) is 12.4 Å². The molecule has 30 heavy (non-hydrogen) atoms. The summed E-state index contributed by atoms with van der Waals surface area (Å²) in [6, 6.07) is 11.8. The number of aromatic nitrogens is 1. The molecule has 2 aliphatic rings. The van der Waals surface area contributed by atoms with Crippen LogP contribution in [0.25, 0.3) is 0 Å². The van der Waals surface area contributed by atoms with E-state index < -0.39 is 0 Å². The number of carbonyl (C=O) groups is 1. The van der Waals surface area contributed by atoms with Gasteiger partial charge >= 0.3 is 0 Å². The minimum absolute atomic E-state index is 0.0908. The third-order valence-corrected chi connectivity index (χ3v) is 6.18. The molecule has 1 unspecified atom stereocenters. The van der Waals surface area contributed by atoms with Crippen LogP contribution in [0.3, 0.4) is 0 Å². The van der Waals surface area contributed by atoms with Crippen molar-refractivity contribution in [2.45, 2.75) is 38.6 Å². The second-order valence-corrected chi connectivity index (χ2v) is 8.92. The lowest BCUT2D eigenvalue weighted by Crippen LogP contribution is -2.14. The SMILES string of the molecule is CC1=CC(=NC=CNC(C)c2cccc(NC(=O)c3ccc(C4CC4)nc3)c2)CS1. The van der Waals surface area contributed by atoms with Gasteiger partial charge in [0, 0.05) is 47.7 Å². The zero-order valence-electron chi connectivity index (χ0n) is 17.3. The second kappa shape index (κ2) is 9.30. The minimum Gasteiger partial charge on any atom is -0.383 e. The Balaban J connectivity index is 1.34. The summed E-state index contributed by atoms with van der Waals surface area (Å²) in [6.07, 6.45) is 9.85. The fraction of sp³-hybridized carbons (Fsp3) is 0.292. The predicted molar refractivity (Wildman–Crippen MR) is 125 cm³/mol. The number of pyridine rings is 1. The third-order valence-electron chi connectivity index (χ3n) is 5.17. The second-order valence-electron chi connectivity index (χ2n) is 7.69. The number of allylic oxidation sites excluding steroid dienone is 2. The van der Waals surface area contributed by atoms with Gasteiger partial charge in [0.05, 0.1) is 11.3 Å². The Morgan fingerprint density at radius 3 is 2.87 bits per heavy atom. The van der Waals surface area contributed by atoms with Gasteiger partial charge in [0.25, 0.3) is 5.91 Å². The molecule has 1 fully saturated rings. The summed E-state index contributed by atoms with van der Waals surface area (Å²) in [5.41, 5.74) is 4.61. The van der Waals surface area contributed by atoms with Gasteiger partial charge in [0.15, 0.2) is 0 Å². The Labute approximate surface area is 181 Å². The molecule has 4 rings (SSSR count). The quantitative estimate of drug-likeness (QED) is 0.630. The number of rotatable bonds is 7. The van der Waals surface area contributed by atoms with Crippen LogP contribution in [-0.4, -0.2) is 22.4 Å². The first-order valence-corrected chi connectivity index (χ1v) is 11.2. The molecule has 2 aromatic rings. The van der Waals surface area contributed by atoms with Gasteiger partial charge in [-0.15, -0.1) is 11.8 Å². The van der Waals surface area contributed by atoms with Crippen LogP contribution in [0.1, 0.15) is 60.3 Å². The summed E-state index contributed by atoms with van der Waals surface area (Å²) < 4.78 is 0. The molecule has 154 valence electrons. The molecule has 1 aliphatic carbocycles. The zero-order valence-corrected chi connectivity index (χ0v) is 18.1. The maximum Gasteiger partial charge on any atom is 0.257 e. The van der Waals surface area contributed by atoms with Crippen LogP contribution in [0.5, 0.6) is 0 Å². The zero-order chi connectivity index (χ0) is 20.9. The molecule has 0 spiro atoms. The van der Waals surface area contributed by atoms with E-state index in [-0.39, 0.29) is 11.9 Å². The van der Waals surface area contributed by atoms with Gasteiger partial charge in [-0.05, 0) is 67.5 Å². The minimum atomic E-state index is -0.142. The van der Waals surface area contributed by atoms with Crippen molar-refractivity contribution >= 4 is 29.1 Å². The maximum atomic E-state index is 12.6. The van der Waals surface area contributed by atoms with Crippen molar-refractivity contribution < 1.29 is 4.79 Å². The van der Waals surface area contributed by atoms with Gasteiger partial charge in [-0.1, -0.05) is 12.1 Å². The summed E-state index contributed by atoms with van der Waals surface area (Å²) >= 11 is 1.81. The Bertz CT molecular complexity index is 1010. The van der Waals surface area contributed by atoms with Crippen LogP contribution in [0.15, 0.2) is 71.0 Å². The molecular formula is C24H26N4OS. The fourth-order valence-electron chi connectivity index (χ4n) is 3.25. The average molecular weight is 419 g/mol. The maximum absolute atomic E-state index is 12.6. The van der Waals surface area contributed by atoms with E-state index in [1.165, 1.54) is 17.7 Å². The Morgan fingerprint density at radius 2 is 2.17 bits per heavy atom. The van der Waals surface area contributed by atoms with E-state index in [0.29, 0.717) is 11.5 Å². The van der Waals surface area contributed by atoms with E-state index >= 15 is 0 Å². The molecule has 1 amide bonds. The Morgan fingerprint density at radius 1 is 1.30 bits per heavy atom. The molecule has 1 aromatic heterocycles. The highest BCUT2D eigenvalue weighted by atomic mass is 32.2. The van der Waals surface area contributed by atoms with Gasteiger partial charge in [0.1, 0.15) is 0 Å². The summed E-state index contributed by atoms with van der Waals surface area (Å²) in [7, 11) is 0. The van der Waals surface area contributed by atoms with Gasteiger partial charge < -0.3 is 10.6 Å². The monoisotopic (exact) mass is 418 g/mol. The normalized spacial score (nSPS) is 18.5. The van der Waals surface area contributed by atoms with Gasteiger partial charge in [-0.3, -0.25) is 14.8 Å². The van der Waals surface area contributed by atoms with E-state index in [4.69, 9.17) is 0 Å². The molecule has 2 heterocycles. The van der Waals surface area contributed by atoms with Crippen LogP contribution in [0.4, 0.5) is 5.69 Å². The molecule has 1 atom stereocenters. The highest BCUT2D eigenvalue weighted by molar-refractivity contribution is 8.04. The largest absolute Gasteiger partial charge is 0.383 e. The van der Waals surface area contributed by atoms with E-state index in [9.17, 15) is 4.79 Å². The lowest BCUT2D eigenvalue weighted by atomic mass is 10.1. The number of thioether (sulfide) groups is 1. The highest BCUT2D eigenvalue weighted by Gasteiger charge is 2.24. The molecule has 1 aliphatic heterocycles. The molecule has 6 heteroatoms. The lowest BCUT2D eigenvalue weighted by Gasteiger charge is -2.14. The number of aliphatic imine (C=N–C) groups is 1. The number of carbonyl (C=O) groups excluding carboxylic acids is 1. The van der Waals surface area contributed by atoms with E-state index in [0.717, 1.165) is 28.4 Å². The summed E-state index contributed by atoms with van der Waals surface area (Å²) in [5, 5.41) is 6.30. The molecule has 0 saturated heterocycles. The lowest BCUT2D eigenvalue weighted by molar-refractivity contribution is 0.102. The van der Waals surface area contributed by atoms with Crippen LogP contribution in [-0.2, 0) is 0 Å². The average Bonchev–Trinajstić information content (AvgIpc) is 3.53. The van der Waals surface area contributed by atoms with Crippen molar-refractivity contribution in [3.63, 3.8) is 0 Å². The highest BCUT2D eigenvalue weighted by Crippen LogP contribution is 2.38. The molecule has 0 bridgehead atoms. The first kappa shape index (κ1) is 20.4. The number of amides is 1. The van der Waals surface area contributed by atoms with Crippen LogP contribution in [0, 0.1) is 0 Å². The first-order chi connectivity index (χ1) is 14.6. The fourth-order valence-corrected chi connectivity index (χ4v) is 4.00. The first-order valence-electron chi connectivity index (χ1n) is 10.2. The van der Waals surface area contributed by atoms with Crippen molar-refractivity contribution in [1.29, 1.82) is 0 Å². The predicted octanol–water partition coefficient (Wildman–Crippen LogP) is 5.42. The third kappa shape index (κ3) is 5.39. The molecule has 1 aromatic carbocycles. The van der Waals surface area contributed by atoms with Crippen molar-refractivity contribution in [2.24, 2.45) is 4.99 Å². The molecular weight excluding hydrogens is 392 g/mol. The summed E-state index contributed by atoms with van der Waals surface area (Å²) in [4.78, 5) is 22.7. The van der Waals surface area contributed by atoms with Gasteiger partial charge in [-0.2, -0.15) is 0 Å². The number of anilines is 1. The molecule has 1 saturated carbocycles. The Kier molecular flexibility index (Phi) is 6.33. The number of nitrogens with one attached hydrogen (secondary N) is 2. The van der Waals surface area contributed by atoms with Crippen molar-refractivity contribution in [1.82, 2.24) is 10.3 Å². The van der Waals surface area contributed by atoms with Gasteiger partial charge in [-0.25, -0.2) is 0 Å². The molecule has 0 radical (unpaired) electrons. The number of hydrogen-bond donors (Lipinski definition) is 2. The van der Waals surface area contributed by atoms with Crippen molar-refractivity contribution in [3.8, 4) is 0 Å². The van der Waals surface area contributed by atoms with Crippen molar-refractivity contribution in [3.05, 3.63) is 82.8 Å².